The van der Waals surface area contributed by atoms with Crippen LogP contribution < -0.4 is 14.8 Å². The third-order valence-electron chi connectivity index (χ3n) is 2.64. The average molecular weight is 283 g/mol. The number of nitrogens with one attached hydrogen (secondary N) is 1. The largest absolute Gasteiger partial charge is 0.497 e. The van der Waals surface area contributed by atoms with E-state index in [1.165, 1.54) is 0 Å². The summed E-state index contributed by atoms with van der Waals surface area (Å²) < 4.78 is 16.0. The zero-order valence-corrected chi connectivity index (χ0v) is 12.9. The molecule has 20 heavy (non-hydrogen) atoms. The maximum atomic E-state index is 9.90. The lowest BCUT2D eigenvalue weighted by molar-refractivity contribution is -0.0449. The van der Waals surface area contributed by atoms with Crippen LogP contribution in [0, 0.1) is 0 Å². The normalized spacial score (nSPS) is 12.9. The molecule has 1 aromatic carbocycles. The Morgan fingerprint density at radius 1 is 1.20 bits per heavy atom. The van der Waals surface area contributed by atoms with Crippen molar-refractivity contribution in [1.29, 1.82) is 0 Å². The molecule has 0 aromatic heterocycles. The van der Waals surface area contributed by atoms with Crippen LogP contribution in [0.15, 0.2) is 18.2 Å². The number of rotatable bonds is 7. The van der Waals surface area contributed by atoms with E-state index in [-0.39, 0.29) is 12.2 Å². The van der Waals surface area contributed by atoms with Gasteiger partial charge >= 0.3 is 0 Å². The molecule has 0 aliphatic rings. The molecular formula is C15H25NO4. The smallest absolute Gasteiger partial charge is 0.142 e. The Balaban J connectivity index is 2.55. The molecule has 0 bridgehead atoms. The molecule has 2 N–H and O–H groups in total. The molecule has 0 saturated heterocycles. The van der Waals surface area contributed by atoms with Gasteiger partial charge in [0.25, 0.3) is 0 Å². The van der Waals surface area contributed by atoms with Crippen LogP contribution in [0.1, 0.15) is 20.8 Å². The molecule has 1 rings (SSSR count). The summed E-state index contributed by atoms with van der Waals surface area (Å²) in [5.41, 5.74) is 0.524. The second-order valence-corrected chi connectivity index (χ2v) is 5.52. The summed E-state index contributed by atoms with van der Waals surface area (Å²) in [6.07, 6.45) is -0.592. The van der Waals surface area contributed by atoms with Crippen molar-refractivity contribution >= 4 is 5.69 Å². The highest BCUT2D eigenvalue weighted by molar-refractivity contribution is 5.59. The first kappa shape index (κ1) is 16.6. The Morgan fingerprint density at radius 3 is 2.45 bits per heavy atom. The van der Waals surface area contributed by atoms with Gasteiger partial charge in [-0.3, -0.25) is 0 Å². The number of benzene rings is 1. The number of methoxy groups -OCH3 is 2. The van der Waals surface area contributed by atoms with Crippen LogP contribution in [0.3, 0.4) is 0 Å². The number of hydrogen-bond acceptors (Lipinski definition) is 5. The van der Waals surface area contributed by atoms with Gasteiger partial charge in [0, 0.05) is 12.6 Å². The van der Waals surface area contributed by atoms with Gasteiger partial charge in [-0.05, 0) is 32.9 Å². The standard InChI is InChI=1S/C15H25NO4/c1-15(2,3)20-10-11(17)9-16-13-8-12(18-4)6-7-14(13)19-5/h6-8,11,16-17H,9-10H2,1-5H3. The van der Waals surface area contributed by atoms with Crippen molar-refractivity contribution in [2.45, 2.75) is 32.5 Å². The summed E-state index contributed by atoms with van der Waals surface area (Å²) in [6.45, 7) is 6.52. The third kappa shape index (κ3) is 5.67. The van der Waals surface area contributed by atoms with Gasteiger partial charge in [0.2, 0.25) is 0 Å². The highest BCUT2D eigenvalue weighted by atomic mass is 16.5. The maximum absolute atomic E-state index is 9.90. The maximum Gasteiger partial charge on any atom is 0.142 e. The second-order valence-electron chi connectivity index (χ2n) is 5.52. The quantitative estimate of drug-likeness (QED) is 0.804. The summed E-state index contributed by atoms with van der Waals surface area (Å²) in [5.74, 6) is 1.43. The minimum absolute atomic E-state index is 0.255. The highest BCUT2D eigenvalue weighted by Crippen LogP contribution is 2.28. The van der Waals surface area contributed by atoms with Crippen LogP contribution in [0.5, 0.6) is 11.5 Å². The van der Waals surface area contributed by atoms with Gasteiger partial charge in [0.05, 0.1) is 38.2 Å². The molecule has 5 nitrogen and oxygen atoms in total. The molecule has 0 fully saturated rings. The molecule has 0 radical (unpaired) electrons. The Labute approximate surface area is 120 Å². The van der Waals surface area contributed by atoms with Gasteiger partial charge in [0.1, 0.15) is 11.5 Å². The lowest BCUT2D eigenvalue weighted by atomic mass is 10.2. The summed E-state index contributed by atoms with van der Waals surface area (Å²) in [6, 6.07) is 5.47. The van der Waals surface area contributed by atoms with Crippen LogP contribution in [0.25, 0.3) is 0 Å². The van der Waals surface area contributed by atoms with Crippen LogP contribution in [0.2, 0.25) is 0 Å². The van der Waals surface area contributed by atoms with E-state index in [9.17, 15) is 5.11 Å². The summed E-state index contributed by atoms with van der Waals surface area (Å²) in [4.78, 5) is 0. The van der Waals surface area contributed by atoms with E-state index in [0.717, 1.165) is 11.4 Å². The molecule has 0 aliphatic carbocycles. The number of ether oxygens (including phenoxy) is 3. The van der Waals surface area contributed by atoms with Crippen molar-refractivity contribution in [2.24, 2.45) is 0 Å². The topological polar surface area (TPSA) is 60.0 Å². The van der Waals surface area contributed by atoms with Crippen molar-refractivity contribution in [2.75, 3.05) is 32.7 Å². The van der Waals surface area contributed by atoms with Crippen LogP contribution in [-0.4, -0.2) is 44.2 Å². The van der Waals surface area contributed by atoms with Gasteiger partial charge in [-0.15, -0.1) is 0 Å². The molecule has 1 aromatic rings. The van der Waals surface area contributed by atoms with E-state index in [0.29, 0.717) is 12.3 Å². The van der Waals surface area contributed by atoms with E-state index >= 15 is 0 Å². The molecule has 0 spiro atoms. The van der Waals surface area contributed by atoms with Crippen LogP contribution in [0.4, 0.5) is 5.69 Å². The Hall–Kier alpha value is -1.46. The molecule has 114 valence electrons. The van der Waals surface area contributed by atoms with Gasteiger partial charge in [-0.25, -0.2) is 0 Å². The zero-order valence-electron chi connectivity index (χ0n) is 12.9. The Bertz CT molecular complexity index is 415. The van der Waals surface area contributed by atoms with Crippen LogP contribution in [-0.2, 0) is 4.74 Å². The van der Waals surface area contributed by atoms with Crippen LogP contribution >= 0.6 is 0 Å². The molecule has 1 unspecified atom stereocenters. The predicted molar refractivity (Wildman–Crippen MR) is 79.7 cm³/mol. The van der Waals surface area contributed by atoms with Crippen molar-refractivity contribution in [3.8, 4) is 11.5 Å². The monoisotopic (exact) mass is 283 g/mol. The fourth-order valence-electron chi connectivity index (χ4n) is 1.59. The third-order valence-corrected chi connectivity index (χ3v) is 2.64. The van der Waals surface area contributed by atoms with Crippen molar-refractivity contribution < 1.29 is 19.3 Å². The molecule has 0 amide bonds. The second kappa shape index (κ2) is 7.36. The number of anilines is 1. The van der Waals surface area contributed by atoms with Crippen molar-refractivity contribution in [1.82, 2.24) is 0 Å². The summed E-state index contributed by atoms with van der Waals surface area (Å²) >= 11 is 0. The lowest BCUT2D eigenvalue weighted by Gasteiger charge is -2.22. The average Bonchev–Trinajstić information content (AvgIpc) is 2.41. The first-order valence-corrected chi connectivity index (χ1v) is 6.63. The molecular weight excluding hydrogens is 258 g/mol. The van der Waals surface area contributed by atoms with Gasteiger partial charge in [-0.2, -0.15) is 0 Å². The molecule has 1 atom stereocenters. The fourth-order valence-corrected chi connectivity index (χ4v) is 1.59. The van der Waals surface area contributed by atoms with Gasteiger partial charge < -0.3 is 24.6 Å². The van der Waals surface area contributed by atoms with E-state index in [4.69, 9.17) is 14.2 Å². The summed E-state index contributed by atoms with van der Waals surface area (Å²) in [7, 11) is 3.21. The van der Waals surface area contributed by atoms with E-state index in [2.05, 4.69) is 5.32 Å². The molecule has 0 heterocycles. The predicted octanol–water partition coefficient (Wildman–Crippen LogP) is 2.29. The minimum atomic E-state index is -0.592. The number of aliphatic hydroxyl groups is 1. The first-order valence-electron chi connectivity index (χ1n) is 6.63. The van der Waals surface area contributed by atoms with Gasteiger partial charge in [-0.1, -0.05) is 0 Å². The van der Waals surface area contributed by atoms with Crippen molar-refractivity contribution in [3.63, 3.8) is 0 Å². The number of aliphatic hydroxyl groups excluding tert-OH is 1. The van der Waals surface area contributed by atoms with Crippen molar-refractivity contribution in [3.05, 3.63) is 18.2 Å². The minimum Gasteiger partial charge on any atom is -0.497 e. The molecule has 0 saturated carbocycles. The van der Waals surface area contributed by atoms with Gasteiger partial charge in [0.15, 0.2) is 0 Å². The lowest BCUT2D eigenvalue weighted by Crippen LogP contribution is -2.30. The SMILES string of the molecule is COc1ccc(OC)c(NCC(O)COC(C)(C)C)c1. The van der Waals surface area contributed by atoms with E-state index in [1.807, 2.05) is 39.0 Å². The zero-order chi connectivity index (χ0) is 15.2. The molecule has 0 aliphatic heterocycles. The molecule has 5 heteroatoms. The van der Waals surface area contributed by atoms with E-state index in [1.54, 1.807) is 14.2 Å². The Kier molecular flexibility index (Phi) is 6.10. The summed E-state index contributed by atoms with van der Waals surface area (Å²) in [5, 5.41) is 13.0. The number of hydrogen-bond donors (Lipinski definition) is 2. The fraction of sp³-hybridized carbons (Fsp3) is 0.600. The highest BCUT2D eigenvalue weighted by Gasteiger charge is 2.14. The van der Waals surface area contributed by atoms with E-state index < -0.39 is 6.10 Å². The first-order chi connectivity index (χ1) is 9.35. The Morgan fingerprint density at radius 2 is 1.90 bits per heavy atom.